The highest BCUT2D eigenvalue weighted by atomic mass is 35.5. The summed E-state index contributed by atoms with van der Waals surface area (Å²) in [5, 5.41) is 9.02. The van der Waals surface area contributed by atoms with Gasteiger partial charge in [0.1, 0.15) is 11.0 Å². The van der Waals surface area contributed by atoms with E-state index in [1.165, 1.54) is 11.7 Å². The Morgan fingerprint density at radius 1 is 1.29 bits per heavy atom. The average molecular weight is 342 g/mol. The molecule has 2 aromatic heterocycles. The van der Waals surface area contributed by atoms with E-state index in [1.54, 1.807) is 4.68 Å². The molecule has 8 heteroatoms. The van der Waals surface area contributed by atoms with Gasteiger partial charge >= 0.3 is 0 Å². The smallest absolute Gasteiger partial charge is 0.129 e. The van der Waals surface area contributed by atoms with Gasteiger partial charge in [-0.1, -0.05) is 30.1 Å². The van der Waals surface area contributed by atoms with Crippen molar-refractivity contribution in [1.82, 2.24) is 18.5 Å². The molecule has 0 fully saturated rings. The first kappa shape index (κ1) is 14.6. The molecule has 3 rings (SSSR count). The lowest BCUT2D eigenvalue weighted by atomic mass is 10.2. The van der Waals surface area contributed by atoms with Gasteiger partial charge in [-0.3, -0.25) is 4.68 Å². The number of hydrogen-bond acceptors (Lipinski definition) is 5. The van der Waals surface area contributed by atoms with Crippen molar-refractivity contribution in [1.29, 1.82) is 0 Å². The molecule has 0 saturated carbocycles. The van der Waals surface area contributed by atoms with Gasteiger partial charge in [0.15, 0.2) is 0 Å². The van der Waals surface area contributed by atoms with Crippen molar-refractivity contribution in [3.05, 3.63) is 33.6 Å². The van der Waals surface area contributed by atoms with Gasteiger partial charge in [0.05, 0.1) is 45.4 Å². The number of rotatable bonds is 4. The van der Waals surface area contributed by atoms with Gasteiger partial charge in [-0.2, -0.15) is 13.8 Å². The van der Waals surface area contributed by atoms with Crippen LogP contribution < -0.4 is 5.32 Å². The number of fused-ring (bicyclic) bond motifs is 1. The highest BCUT2D eigenvalue weighted by molar-refractivity contribution is 7.00. The van der Waals surface area contributed by atoms with Crippen molar-refractivity contribution in [3.63, 3.8) is 0 Å². The minimum Gasteiger partial charge on any atom is -0.376 e. The lowest BCUT2D eigenvalue weighted by Crippen LogP contribution is -2.06. The van der Waals surface area contributed by atoms with Gasteiger partial charge in [0.2, 0.25) is 0 Å². The first-order valence-corrected chi connectivity index (χ1v) is 7.95. The quantitative estimate of drug-likeness (QED) is 0.781. The summed E-state index contributed by atoms with van der Waals surface area (Å²) in [4.78, 5) is 0. The van der Waals surface area contributed by atoms with Crippen molar-refractivity contribution < 1.29 is 0 Å². The van der Waals surface area contributed by atoms with Crippen LogP contribution in [0.15, 0.2) is 12.1 Å². The number of anilines is 1. The Kier molecular flexibility index (Phi) is 4.01. The van der Waals surface area contributed by atoms with Crippen LogP contribution in [0.5, 0.6) is 0 Å². The number of aryl methyl sites for hydroxylation is 2. The van der Waals surface area contributed by atoms with E-state index in [9.17, 15) is 0 Å². The number of halogens is 2. The molecular weight excluding hydrogens is 329 g/mol. The summed E-state index contributed by atoms with van der Waals surface area (Å²) in [7, 11) is 1.88. The second-order valence-corrected chi connectivity index (χ2v) is 5.91. The molecule has 0 atom stereocenters. The van der Waals surface area contributed by atoms with Crippen molar-refractivity contribution >= 4 is 51.7 Å². The zero-order chi connectivity index (χ0) is 15.0. The van der Waals surface area contributed by atoms with E-state index in [4.69, 9.17) is 23.2 Å². The summed E-state index contributed by atoms with van der Waals surface area (Å²) >= 11 is 13.8. The largest absolute Gasteiger partial charge is 0.376 e. The van der Waals surface area contributed by atoms with E-state index >= 15 is 0 Å². The Balaban J connectivity index is 1.92. The number of nitrogens with zero attached hydrogens (tertiary/aromatic N) is 4. The third-order valence-corrected chi connectivity index (χ3v) is 4.61. The van der Waals surface area contributed by atoms with Gasteiger partial charge in [-0.05, 0) is 18.6 Å². The fraction of sp³-hybridized carbons (Fsp3) is 0.308. The molecule has 0 aliphatic carbocycles. The van der Waals surface area contributed by atoms with E-state index in [-0.39, 0.29) is 0 Å². The Morgan fingerprint density at radius 2 is 2.10 bits per heavy atom. The van der Waals surface area contributed by atoms with E-state index < -0.39 is 0 Å². The van der Waals surface area contributed by atoms with Gasteiger partial charge in [0, 0.05) is 7.05 Å². The van der Waals surface area contributed by atoms with E-state index in [2.05, 4.69) is 19.2 Å². The second-order valence-electron chi connectivity index (χ2n) is 4.59. The predicted octanol–water partition coefficient (Wildman–Crippen LogP) is 3.91. The first-order valence-electron chi connectivity index (χ1n) is 6.46. The SMILES string of the molecule is CCc1nn(C)c(CNc2c(Cl)ccc3nsnc23)c1Cl. The third-order valence-electron chi connectivity index (χ3n) is 3.31. The van der Waals surface area contributed by atoms with E-state index in [1.807, 2.05) is 26.1 Å². The summed E-state index contributed by atoms with van der Waals surface area (Å²) in [5.74, 6) is 0. The topological polar surface area (TPSA) is 55.6 Å². The van der Waals surface area contributed by atoms with Crippen molar-refractivity contribution in [2.45, 2.75) is 19.9 Å². The molecule has 1 N–H and O–H groups in total. The molecule has 0 amide bonds. The monoisotopic (exact) mass is 341 g/mol. The zero-order valence-corrected chi connectivity index (χ0v) is 13.9. The second kappa shape index (κ2) is 5.79. The van der Waals surface area contributed by atoms with Crippen LogP contribution in [0.3, 0.4) is 0 Å². The Bertz CT molecular complexity index is 795. The lowest BCUT2D eigenvalue weighted by Gasteiger charge is -2.09. The standard InChI is InChI=1S/C13H13Cl2N5S/c1-3-8-11(15)10(20(2)17-8)6-16-12-7(14)4-5-9-13(12)19-21-18-9/h4-5,16H,3,6H2,1-2H3. The fourth-order valence-corrected chi connectivity index (χ4v) is 3.30. The first-order chi connectivity index (χ1) is 10.1. The number of hydrogen-bond donors (Lipinski definition) is 1. The van der Waals surface area contributed by atoms with Crippen LogP contribution in [-0.4, -0.2) is 18.5 Å². The maximum absolute atomic E-state index is 6.35. The molecule has 110 valence electrons. The summed E-state index contributed by atoms with van der Waals surface area (Å²) < 4.78 is 10.3. The molecule has 0 radical (unpaired) electrons. The normalized spacial score (nSPS) is 11.2. The minimum atomic E-state index is 0.526. The molecule has 3 aromatic rings. The minimum absolute atomic E-state index is 0.526. The summed E-state index contributed by atoms with van der Waals surface area (Å²) in [5.41, 5.74) is 4.21. The molecule has 0 spiro atoms. The molecule has 0 bridgehead atoms. The highest BCUT2D eigenvalue weighted by Gasteiger charge is 2.15. The average Bonchev–Trinajstić information content (AvgIpc) is 3.04. The third kappa shape index (κ3) is 2.59. The lowest BCUT2D eigenvalue weighted by molar-refractivity contribution is 0.707. The summed E-state index contributed by atoms with van der Waals surface area (Å²) in [6.45, 7) is 2.56. The van der Waals surface area contributed by atoms with Crippen LogP contribution in [-0.2, 0) is 20.0 Å². The number of aromatic nitrogens is 4. The molecule has 21 heavy (non-hydrogen) atoms. The molecule has 1 aromatic carbocycles. The van der Waals surface area contributed by atoms with Gasteiger partial charge in [0.25, 0.3) is 0 Å². The van der Waals surface area contributed by atoms with Crippen LogP contribution in [0.1, 0.15) is 18.3 Å². The Labute approximate surface area is 136 Å². The zero-order valence-electron chi connectivity index (χ0n) is 11.5. The maximum atomic E-state index is 6.35. The van der Waals surface area contributed by atoms with Crippen LogP contribution in [0.2, 0.25) is 10.0 Å². The van der Waals surface area contributed by atoms with E-state index in [0.717, 1.165) is 34.5 Å². The van der Waals surface area contributed by atoms with Gasteiger partial charge < -0.3 is 5.32 Å². The van der Waals surface area contributed by atoms with Crippen LogP contribution in [0.4, 0.5) is 5.69 Å². The van der Waals surface area contributed by atoms with Crippen molar-refractivity contribution in [3.8, 4) is 0 Å². The van der Waals surface area contributed by atoms with E-state index in [0.29, 0.717) is 16.6 Å². The molecule has 0 unspecified atom stereocenters. The summed E-state index contributed by atoms with van der Waals surface area (Å²) in [6.07, 6.45) is 0.805. The highest BCUT2D eigenvalue weighted by Crippen LogP contribution is 2.31. The molecule has 2 heterocycles. The molecule has 0 saturated heterocycles. The van der Waals surface area contributed by atoms with Crippen molar-refractivity contribution in [2.24, 2.45) is 7.05 Å². The fourth-order valence-electron chi connectivity index (χ4n) is 2.18. The van der Waals surface area contributed by atoms with Gasteiger partial charge in [-0.15, -0.1) is 0 Å². The summed E-state index contributed by atoms with van der Waals surface area (Å²) in [6, 6.07) is 3.68. The molecule has 5 nitrogen and oxygen atoms in total. The van der Waals surface area contributed by atoms with Gasteiger partial charge in [-0.25, -0.2) is 0 Å². The van der Waals surface area contributed by atoms with Crippen LogP contribution in [0, 0.1) is 0 Å². The molecular formula is C13H13Cl2N5S. The predicted molar refractivity (Wildman–Crippen MR) is 87.3 cm³/mol. The molecule has 0 aliphatic rings. The maximum Gasteiger partial charge on any atom is 0.129 e. The van der Waals surface area contributed by atoms with Crippen LogP contribution >= 0.6 is 34.9 Å². The Hall–Kier alpha value is -1.37. The number of nitrogens with one attached hydrogen (secondary N) is 1. The number of benzene rings is 1. The van der Waals surface area contributed by atoms with Crippen molar-refractivity contribution in [2.75, 3.05) is 5.32 Å². The Morgan fingerprint density at radius 3 is 2.81 bits per heavy atom. The van der Waals surface area contributed by atoms with Crippen LogP contribution in [0.25, 0.3) is 11.0 Å². The molecule has 0 aliphatic heterocycles.